The zero-order valence-electron chi connectivity index (χ0n) is 16.2. The number of nitrogens with zero attached hydrogens (tertiary/aromatic N) is 1. The normalized spacial score (nSPS) is 20.2. The molecule has 0 spiro atoms. The van der Waals surface area contributed by atoms with Gasteiger partial charge in [0.1, 0.15) is 5.78 Å². The van der Waals surface area contributed by atoms with Gasteiger partial charge in [-0.3, -0.25) is 14.6 Å². The van der Waals surface area contributed by atoms with Gasteiger partial charge >= 0.3 is 0 Å². The van der Waals surface area contributed by atoms with E-state index < -0.39 is 6.10 Å². The van der Waals surface area contributed by atoms with Crippen LogP contribution in [-0.2, 0) is 22.4 Å². The molecule has 0 aliphatic heterocycles. The van der Waals surface area contributed by atoms with Crippen LogP contribution in [0.1, 0.15) is 74.3 Å². The predicted molar refractivity (Wildman–Crippen MR) is 108 cm³/mol. The number of carbonyl (C=O) groups is 2. The second-order valence-electron chi connectivity index (χ2n) is 8.16. The number of benzene rings is 1. The Morgan fingerprint density at radius 2 is 1.96 bits per heavy atom. The van der Waals surface area contributed by atoms with Crippen molar-refractivity contribution in [2.24, 2.45) is 0 Å². The smallest absolute Gasteiger partial charge is 0.220 e. The number of para-hydroxylation sites is 1. The summed E-state index contributed by atoms with van der Waals surface area (Å²) < 4.78 is 0. The molecule has 1 saturated carbocycles. The monoisotopic (exact) mass is 380 g/mol. The standard InChI is InChI=1S/C23H28N2O3/c26-16-13-20-23(21(27)14-16)18(17-9-4-5-11-19(17)25-20)10-6-12-22(28)24-15-7-2-1-3-8-15/h4-5,9,11,15,21,27H,1-3,6-8,10,12-14H2,(H,24,28). The summed E-state index contributed by atoms with van der Waals surface area (Å²) in [5, 5.41) is 14.7. The third-order valence-corrected chi connectivity index (χ3v) is 6.04. The van der Waals surface area contributed by atoms with Crippen molar-refractivity contribution < 1.29 is 14.7 Å². The van der Waals surface area contributed by atoms with Gasteiger partial charge in [-0.25, -0.2) is 0 Å². The molecular weight excluding hydrogens is 352 g/mol. The van der Waals surface area contributed by atoms with Crippen LogP contribution in [0.5, 0.6) is 0 Å². The number of aliphatic hydroxyl groups excluding tert-OH is 1. The van der Waals surface area contributed by atoms with Crippen LogP contribution in [0.15, 0.2) is 24.3 Å². The van der Waals surface area contributed by atoms with Crippen molar-refractivity contribution in [3.05, 3.63) is 41.1 Å². The molecule has 2 aliphatic rings. The number of aromatic nitrogens is 1. The molecule has 5 heteroatoms. The number of carbonyl (C=O) groups excluding carboxylic acids is 2. The van der Waals surface area contributed by atoms with Gasteiger partial charge in [0.25, 0.3) is 0 Å². The Bertz CT molecular complexity index is 887. The van der Waals surface area contributed by atoms with E-state index in [4.69, 9.17) is 0 Å². The summed E-state index contributed by atoms with van der Waals surface area (Å²) in [7, 11) is 0. The lowest BCUT2D eigenvalue weighted by molar-refractivity contribution is -0.122. The molecule has 1 aromatic carbocycles. The minimum atomic E-state index is -0.792. The Kier molecular flexibility index (Phi) is 5.72. The SMILES string of the molecule is O=C1Cc2nc3ccccc3c(CCCC(=O)NC3CCCCC3)c2C(O)C1. The molecule has 0 bridgehead atoms. The quantitative estimate of drug-likeness (QED) is 0.831. The van der Waals surface area contributed by atoms with E-state index in [1.54, 1.807) is 0 Å². The van der Waals surface area contributed by atoms with Crippen LogP contribution in [0.4, 0.5) is 0 Å². The minimum Gasteiger partial charge on any atom is -0.388 e. The molecule has 1 fully saturated rings. The van der Waals surface area contributed by atoms with Gasteiger partial charge in [0.15, 0.2) is 0 Å². The molecule has 0 radical (unpaired) electrons. The molecule has 4 rings (SSSR count). The summed E-state index contributed by atoms with van der Waals surface area (Å²) in [4.78, 5) is 28.9. The zero-order chi connectivity index (χ0) is 19.5. The van der Waals surface area contributed by atoms with E-state index in [1.165, 1.54) is 19.3 Å². The molecular formula is C23H28N2O3. The van der Waals surface area contributed by atoms with Gasteiger partial charge in [0.2, 0.25) is 5.91 Å². The fourth-order valence-electron chi connectivity index (χ4n) is 4.70. The Morgan fingerprint density at radius 1 is 1.18 bits per heavy atom. The number of rotatable bonds is 5. The van der Waals surface area contributed by atoms with Gasteiger partial charge in [-0.15, -0.1) is 0 Å². The van der Waals surface area contributed by atoms with Crippen molar-refractivity contribution >= 4 is 22.6 Å². The third-order valence-electron chi connectivity index (χ3n) is 6.04. The van der Waals surface area contributed by atoms with Crippen LogP contribution in [0.25, 0.3) is 10.9 Å². The van der Waals surface area contributed by atoms with Gasteiger partial charge in [0.05, 0.1) is 17.3 Å². The van der Waals surface area contributed by atoms with Gasteiger partial charge in [0, 0.05) is 36.3 Å². The lowest BCUT2D eigenvalue weighted by Crippen LogP contribution is -2.36. The lowest BCUT2D eigenvalue weighted by Gasteiger charge is -2.25. The van der Waals surface area contributed by atoms with E-state index in [2.05, 4.69) is 10.3 Å². The molecule has 5 nitrogen and oxygen atoms in total. The molecule has 2 aliphatic carbocycles. The molecule has 2 N–H and O–H groups in total. The van der Waals surface area contributed by atoms with Gasteiger partial charge in [-0.05, 0) is 37.3 Å². The molecule has 2 aromatic rings. The lowest BCUT2D eigenvalue weighted by atomic mass is 9.85. The van der Waals surface area contributed by atoms with Crippen LogP contribution in [0.3, 0.4) is 0 Å². The minimum absolute atomic E-state index is 0.0283. The van der Waals surface area contributed by atoms with Gasteiger partial charge in [-0.1, -0.05) is 37.5 Å². The largest absolute Gasteiger partial charge is 0.388 e. The van der Waals surface area contributed by atoms with Crippen molar-refractivity contribution in [3.8, 4) is 0 Å². The van der Waals surface area contributed by atoms with E-state index in [-0.39, 0.29) is 24.5 Å². The second-order valence-corrected chi connectivity index (χ2v) is 8.16. The van der Waals surface area contributed by atoms with Crippen LogP contribution in [0.2, 0.25) is 0 Å². The summed E-state index contributed by atoms with van der Waals surface area (Å²) in [6.45, 7) is 0. The van der Waals surface area contributed by atoms with Crippen molar-refractivity contribution in [3.63, 3.8) is 0 Å². The van der Waals surface area contributed by atoms with Crippen molar-refractivity contribution in [1.29, 1.82) is 0 Å². The van der Waals surface area contributed by atoms with Crippen LogP contribution in [0, 0.1) is 0 Å². The molecule has 1 unspecified atom stereocenters. The van der Waals surface area contributed by atoms with E-state index in [0.717, 1.165) is 41.3 Å². The summed E-state index contributed by atoms with van der Waals surface area (Å²) >= 11 is 0. The molecule has 1 aromatic heterocycles. The summed E-state index contributed by atoms with van der Waals surface area (Å²) in [6, 6.07) is 8.20. The first-order chi connectivity index (χ1) is 13.6. The zero-order valence-corrected chi connectivity index (χ0v) is 16.2. The average molecular weight is 380 g/mol. The summed E-state index contributed by atoms with van der Waals surface area (Å²) in [5.41, 5.74) is 3.41. The maximum atomic E-state index is 12.3. The van der Waals surface area contributed by atoms with E-state index in [1.807, 2.05) is 24.3 Å². The molecule has 0 saturated heterocycles. The Morgan fingerprint density at radius 3 is 2.79 bits per heavy atom. The number of hydrogen-bond acceptors (Lipinski definition) is 4. The third kappa shape index (κ3) is 4.09. The van der Waals surface area contributed by atoms with E-state index in [0.29, 0.717) is 24.6 Å². The highest BCUT2D eigenvalue weighted by Gasteiger charge is 2.28. The first-order valence-electron chi connectivity index (χ1n) is 10.5. The maximum absolute atomic E-state index is 12.3. The number of hydrogen-bond donors (Lipinski definition) is 2. The van der Waals surface area contributed by atoms with Crippen molar-refractivity contribution in [1.82, 2.24) is 10.3 Å². The highest BCUT2D eigenvalue weighted by molar-refractivity contribution is 5.89. The number of ketones is 1. The van der Waals surface area contributed by atoms with Crippen molar-refractivity contribution in [2.75, 3.05) is 0 Å². The number of amides is 1. The fraction of sp³-hybridized carbons (Fsp3) is 0.522. The molecule has 1 amide bonds. The number of pyridine rings is 1. The fourth-order valence-corrected chi connectivity index (χ4v) is 4.70. The Labute approximate surface area is 165 Å². The molecule has 1 atom stereocenters. The summed E-state index contributed by atoms with van der Waals surface area (Å²) in [5.74, 6) is 0.149. The predicted octanol–water partition coefficient (Wildman–Crippen LogP) is 3.56. The van der Waals surface area contributed by atoms with E-state index >= 15 is 0 Å². The first kappa shape index (κ1) is 19.1. The number of aliphatic hydroxyl groups is 1. The molecule has 148 valence electrons. The maximum Gasteiger partial charge on any atom is 0.220 e. The summed E-state index contributed by atoms with van der Waals surface area (Å²) in [6.07, 6.45) is 7.42. The van der Waals surface area contributed by atoms with Crippen LogP contribution < -0.4 is 5.32 Å². The van der Waals surface area contributed by atoms with Gasteiger partial charge in [-0.2, -0.15) is 0 Å². The number of Topliss-reactive ketones (excluding diaryl/α,β-unsaturated/α-hetero) is 1. The topological polar surface area (TPSA) is 79.3 Å². The number of fused-ring (bicyclic) bond motifs is 2. The first-order valence-corrected chi connectivity index (χ1v) is 10.5. The van der Waals surface area contributed by atoms with Crippen molar-refractivity contribution in [2.45, 2.75) is 76.4 Å². The highest BCUT2D eigenvalue weighted by atomic mass is 16.3. The molecule has 28 heavy (non-hydrogen) atoms. The Hall–Kier alpha value is -2.27. The average Bonchev–Trinajstić information content (AvgIpc) is 2.68. The Balaban J connectivity index is 1.50. The van der Waals surface area contributed by atoms with Gasteiger partial charge < -0.3 is 10.4 Å². The number of nitrogens with one attached hydrogen (secondary N) is 1. The number of aryl methyl sites for hydroxylation is 1. The van der Waals surface area contributed by atoms with Crippen LogP contribution in [-0.4, -0.2) is 27.8 Å². The molecule has 1 heterocycles. The second kappa shape index (κ2) is 8.39. The van der Waals surface area contributed by atoms with E-state index in [9.17, 15) is 14.7 Å². The van der Waals surface area contributed by atoms with Crippen LogP contribution >= 0.6 is 0 Å². The highest BCUT2D eigenvalue weighted by Crippen LogP contribution is 2.34.